The Morgan fingerprint density at radius 1 is 0.744 bits per heavy atom. The predicted octanol–water partition coefficient (Wildman–Crippen LogP) is 2.09. The Morgan fingerprint density at radius 2 is 1.33 bits per heavy atom. The van der Waals surface area contributed by atoms with Gasteiger partial charge in [-0.3, -0.25) is 19.2 Å². The molecule has 0 aliphatic rings. The topological polar surface area (TPSA) is 166 Å². The summed E-state index contributed by atoms with van der Waals surface area (Å²) in [5, 5.41) is 23.4. The number of carboxylic acids is 1. The number of nitrogens with one attached hydrogen (secondary N) is 5. The van der Waals surface area contributed by atoms with Crippen LogP contribution in [-0.2, 0) is 24.0 Å². The highest BCUT2D eigenvalue weighted by Crippen LogP contribution is 2.20. The van der Waals surface area contributed by atoms with Crippen LogP contribution in [0.3, 0.4) is 0 Å². The summed E-state index contributed by atoms with van der Waals surface area (Å²) in [5.41, 5.74) is -0.216. The SMILES string of the molecule is CC(C)[C@H](NC(=O)CCC(C)(C)C)C(=O)N[C@@H](C)C(=O)N[C@@H](CCCCNC(=O)[C@H](C)NC(C)(C)C)C(=O)O. The van der Waals surface area contributed by atoms with Crippen LogP contribution in [0.15, 0.2) is 0 Å². The molecule has 0 bridgehead atoms. The lowest BCUT2D eigenvalue weighted by atomic mass is 9.90. The first-order valence-corrected chi connectivity index (χ1v) is 13.9. The maximum absolute atomic E-state index is 12.8. The first kappa shape index (κ1) is 36.3. The number of hydrogen-bond acceptors (Lipinski definition) is 6. The van der Waals surface area contributed by atoms with Gasteiger partial charge in [0.2, 0.25) is 23.6 Å². The van der Waals surface area contributed by atoms with Crippen molar-refractivity contribution in [2.45, 2.75) is 131 Å². The minimum Gasteiger partial charge on any atom is -0.480 e. The van der Waals surface area contributed by atoms with E-state index in [-0.39, 0.29) is 47.6 Å². The fourth-order valence-corrected chi connectivity index (χ4v) is 3.75. The summed E-state index contributed by atoms with van der Waals surface area (Å²) in [7, 11) is 0. The normalized spacial score (nSPS) is 15.1. The predicted molar refractivity (Wildman–Crippen MR) is 152 cm³/mol. The van der Waals surface area contributed by atoms with Crippen molar-refractivity contribution in [2.24, 2.45) is 11.3 Å². The van der Waals surface area contributed by atoms with Gasteiger partial charge in [-0.1, -0.05) is 34.6 Å². The molecule has 11 nitrogen and oxygen atoms in total. The van der Waals surface area contributed by atoms with E-state index >= 15 is 0 Å². The molecule has 0 aliphatic carbocycles. The van der Waals surface area contributed by atoms with Crippen molar-refractivity contribution in [3.8, 4) is 0 Å². The Labute approximate surface area is 234 Å². The van der Waals surface area contributed by atoms with E-state index in [2.05, 4.69) is 26.6 Å². The number of hydrogen-bond donors (Lipinski definition) is 6. The fraction of sp³-hybridized carbons (Fsp3) is 0.821. The minimum absolute atomic E-state index is 0.0176. The largest absolute Gasteiger partial charge is 0.480 e. The molecule has 6 N–H and O–H groups in total. The summed E-state index contributed by atoms with van der Waals surface area (Å²) in [6.07, 6.45) is 2.14. The smallest absolute Gasteiger partial charge is 0.326 e. The van der Waals surface area contributed by atoms with E-state index in [0.29, 0.717) is 25.8 Å². The van der Waals surface area contributed by atoms with Gasteiger partial charge in [0.25, 0.3) is 0 Å². The zero-order valence-electron chi connectivity index (χ0n) is 25.6. The molecule has 0 saturated carbocycles. The van der Waals surface area contributed by atoms with E-state index in [1.165, 1.54) is 6.92 Å². The average Bonchev–Trinajstić information content (AvgIpc) is 2.77. The standard InChI is InChI=1S/C28H53N5O6/c1-17(2)22(32-21(34)14-15-27(5,6)7)25(37)30-18(3)24(36)31-20(26(38)39)13-11-12-16-29-23(35)19(4)33-28(8,9)10/h17-20,22,33H,11-16H2,1-10H3,(H,29,35)(H,30,37)(H,31,36)(H,32,34)(H,38,39)/t18-,19-,20-,22-/m0/s1. The van der Waals surface area contributed by atoms with E-state index in [1.807, 2.05) is 41.5 Å². The molecule has 0 spiro atoms. The van der Waals surface area contributed by atoms with Crippen molar-refractivity contribution < 1.29 is 29.1 Å². The summed E-state index contributed by atoms with van der Waals surface area (Å²) in [4.78, 5) is 61.7. The second-order valence-electron chi connectivity index (χ2n) is 12.9. The van der Waals surface area contributed by atoms with Crippen LogP contribution in [0.2, 0.25) is 0 Å². The van der Waals surface area contributed by atoms with Gasteiger partial charge in [-0.2, -0.15) is 0 Å². The van der Waals surface area contributed by atoms with Gasteiger partial charge in [0.05, 0.1) is 6.04 Å². The lowest BCUT2D eigenvalue weighted by Gasteiger charge is -2.25. The molecule has 0 unspecified atom stereocenters. The van der Waals surface area contributed by atoms with Gasteiger partial charge in [0, 0.05) is 18.5 Å². The Balaban J connectivity index is 4.74. The van der Waals surface area contributed by atoms with E-state index in [4.69, 9.17) is 0 Å². The Bertz CT molecular complexity index is 831. The molecule has 11 heteroatoms. The first-order chi connectivity index (χ1) is 17.7. The zero-order valence-corrected chi connectivity index (χ0v) is 25.6. The van der Waals surface area contributed by atoms with Crippen LogP contribution >= 0.6 is 0 Å². The molecule has 0 saturated heterocycles. The maximum atomic E-state index is 12.8. The Hall–Kier alpha value is -2.69. The van der Waals surface area contributed by atoms with Crippen molar-refractivity contribution in [3.05, 3.63) is 0 Å². The quantitative estimate of drug-likeness (QED) is 0.159. The molecular formula is C28H53N5O6. The molecule has 0 aromatic carbocycles. The Morgan fingerprint density at radius 3 is 1.82 bits per heavy atom. The molecule has 0 radical (unpaired) electrons. The van der Waals surface area contributed by atoms with Crippen molar-refractivity contribution in [1.29, 1.82) is 0 Å². The number of amides is 4. The third kappa shape index (κ3) is 16.8. The minimum atomic E-state index is -1.18. The second kappa shape index (κ2) is 16.4. The van der Waals surface area contributed by atoms with Crippen LogP contribution in [0, 0.1) is 11.3 Å². The molecule has 0 aromatic heterocycles. The number of unbranched alkanes of at least 4 members (excludes halogenated alkanes) is 1. The third-order valence-electron chi connectivity index (χ3n) is 6.00. The Kier molecular flexibility index (Phi) is 15.3. The lowest BCUT2D eigenvalue weighted by Crippen LogP contribution is -2.56. The van der Waals surface area contributed by atoms with Crippen LogP contribution < -0.4 is 26.6 Å². The van der Waals surface area contributed by atoms with Gasteiger partial charge in [0.15, 0.2) is 0 Å². The van der Waals surface area contributed by atoms with Gasteiger partial charge >= 0.3 is 5.97 Å². The third-order valence-corrected chi connectivity index (χ3v) is 6.00. The van der Waals surface area contributed by atoms with Gasteiger partial charge in [-0.05, 0) is 71.6 Å². The summed E-state index contributed by atoms with van der Waals surface area (Å²) in [6.45, 7) is 19.2. The van der Waals surface area contributed by atoms with Crippen LogP contribution in [0.5, 0.6) is 0 Å². The molecule has 0 rings (SSSR count). The monoisotopic (exact) mass is 555 g/mol. The van der Waals surface area contributed by atoms with Crippen LogP contribution in [0.1, 0.15) is 101 Å². The van der Waals surface area contributed by atoms with Crippen LogP contribution in [0.4, 0.5) is 0 Å². The number of carbonyl (C=O) groups is 5. The second-order valence-corrected chi connectivity index (χ2v) is 12.9. The fourth-order valence-electron chi connectivity index (χ4n) is 3.75. The van der Waals surface area contributed by atoms with E-state index < -0.39 is 35.9 Å². The summed E-state index contributed by atoms with van der Waals surface area (Å²) < 4.78 is 0. The highest BCUT2D eigenvalue weighted by Gasteiger charge is 2.29. The molecule has 4 amide bonds. The number of carbonyl (C=O) groups excluding carboxylic acids is 4. The van der Waals surface area contributed by atoms with E-state index in [1.54, 1.807) is 20.8 Å². The van der Waals surface area contributed by atoms with Crippen LogP contribution in [0.25, 0.3) is 0 Å². The van der Waals surface area contributed by atoms with Gasteiger partial charge in [-0.15, -0.1) is 0 Å². The number of carboxylic acid groups (broad SMARTS) is 1. The van der Waals surface area contributed by atoms with Crippen LogP contribution in [-0.4, -0.2) is 71.0 Å². The molecule has 4 atom stereocenters. The van der Waals surface area contributed by atoms with Gasteiger partial charge in [-0.25, -0.2) is 4.79 Å². The molecule has 0 aliphatic heterocycles. The molecule has 0 fully saturated rings. The molecule has 0 aromatic rings. The first-order valence-electron chi connectivity index (χ1n) is 13.9. The lowest BCUT2D eigenvalue weighted by molar-refractivity contribution is -0.142. The number of rotatable bonds is 16. The van der Waals surface area contributed by atoms with Crippen molar-refractivity contribution in [2.75, 3.05) is 6.54 Å². The zero-order chi connectivity index (χ0) is 30.6. The highest BCUT2D eigenvalue weighted by molar-refractivity contribution is 5.93. The summed E-state index contributed by atoms with van der Waals surface area (Å²) in [5.74, 6) is -2.90. The molecule has 39 heavy (non-hydrogen) atoms. The number of aliphatic carboxylic acids is 1. The maximum Gasteiger partial charge on any atom is 0.326 e. The summed E-state index contributed by atoms with van der Waals surface area (Å²) >= 11 is 0. The van der Waals surface area contributed by atoms with Gasteiger partial charge in [0.1, 0.15) is 18.1 Å². The average molecular weight is 556 g/mol. The molecular weight excluding hydrogens is 502 g/mol. The summed E-state index contributed by atoms with van der Waals surface area (Å²) in [6, 6.07) is -3.31. The highest BCUT2D eigenvalue weighted by atomic mass is 16.4. The van der Waals surface area contributed by atoms with Crippen molar-refractivity contribution in [1.82, 2.24) is 26.6 Å². The van der Waals surface area contributed by atoms with Gasteiger partial charge < -0.3 is 31.7 Å². The molecule has 0 heterocycles. The van der Waals surface area contributed by atoms with E-state index in [9.17, 15) is 29.1 Å². The van der Waals surface area contributed by atoms with E-state index in [0.717, 1.165) is 0 Å². The molecule has 226 valence electrons. The van der Waals surface area contributed by atoms with Crippen molar-refractivity contribution in [3.63, 3.8) is 0 Å². The van der Waals surface area contributed by atoms with Crippen molar-refractivity contribution >= 4 is 29.6 Å².